The quantitative estimate of drug-likeness (QED) is 0.221. The Morgan fingerprint density at radius 3 is 2.65 bits per heavy atom. The fraction of sp³-hybridized carbons (Fsp3) is 0.481. The van der Waals surface area contributed by atoms with Crippen molar-refractivity contribution in [3.05, 3.63) is 41.8 Å². The van der Waals surface area contributed by atoms with E-state index in [1.807, 2.05) is 26.8 Å². The summed E-state index contributed by atoms with van der Waals surface area (Å²) in [4.78, 5) is 13.7. The summed E-state index contributed by atoms with van der Waals surface area (Å²) in [6.45, 7) is 6.72. The number of nitrogens with zero attached hydrogens (tertiary/aromatic N) is 3. The molecule has 218 valence electrons. The van der Waals surface area contributed by atoms with Gasteiger partial charge in [-0.2, -0.15) is 13.2 Å². The van der Waals surface area contributed by atoms with Gasteiger partial charge in [-0.05, 0) is 42.0 Å². The molecule has 3 aromatic rings. The average molecular weight is 585 g/mol. The van der Waals surface area contributed by atoms with E-state index in [-0.39, 0.29) is 17.6 Å². The summed E-state index contributed by atoms with van der Waals surface area (Å²) in [7, 11) is -3.41. The number of hydrogen-bond acceptors (Lipinski definition) is 6. The van der Waals surface area contributed by atoms with E-state index in [1.54, 1.807) is 6.20 Å². The summed E-state index contributed by atoms with van der Waals surface area (Å²) in [5.74, 6) is 2.18. The zero-order chi connectivity index (χ0) is 29.3. The first kappa shape index (κ1) is 29.9. The van der Waals surface area contributed by atoms with Gasteiger partial charge >= 0.3 is 6.18 Å². The number of hydrogen-bond donors (Lipinski definition) is 3. The van der Waals surface area contributed by atoms with E-state index >= 15 is 0 Å². The third-order valence-electron chi connectivity index (χ3n) is 6.81. The molecule has 40 heavy (non-hydrogen) atoms. The van der Waals surface area contributed by atoms with E-state index in [1.165, 1.54) is 18.2 Å². The molecule has 0 radical (unpaired) electrons. The van der Waals surface area contributed by atoms with Gasteiger partial charge in [0.15, 0.2) is 0 Å². The van der Waals surface area contributed by atoms with Crippen molar-refractivity contribution in [3.63, 3.8) is 0 Å². The Labute approximate surface area is 230 Å². The monoisotopic (exact) mass is 584 g/mol. The second-order valence-corrected chi connectivity index (χ2v) is 13.2. The summed E-state index contributed by atoms with van der Waals surface area (Å²) in [6, 6.07) is 5.78. The number of halogens is 5. The van der Waals surface area contributed by atoms with Crippen molar-refractivity contribution in [2.75, 3.05) is 35.6 Å². The molecule has 1 saturated heterocycles. The predicted octanol–water partition coefficient (Wildman–Crippen LogP) is 5.70. The maximum atomic E-state index is 14.9. The number of benzene rings is 1. The highest BCUT2D eigenvalue weighted by atomic mass is 32.2. The van der Waals surface area contributed by atoms with Crippen LogP contribution in [-0.4, -0.2) is 62.8 Å². The van der Waals surface area contributed by atoms with E-state index in [2.05, 4.69) is 31.2 Å². The van der Waals surface area contributed by atoms with Crippen molar-refractivity contribution in [3.8, 4) is 11.3 Å². The zero-order valence-corrected chi connectivity index (χ0v) is 23.4. The number of pyridine rings is 1. The van der Waals surface area contributed by atoms with Gasteiger partial charge in [-0.3, -0.25) is 4.39 Å². The Morgan fingerprint density at radius 2 is 2.00 bits per heavy atom. The molecule has 0 saturated carbocycles. The largest absolute Gasteiger partial charge is 0.390 e. The van der Waals surface area contributed by atoms with Crippen molar-refractivity contribution >= 4 is 38.2 Å². The molecule has 1 aliphatic rings. The molecule has 1 aromatic carbocycles. The minimum absolute atomic E-state index is 0.0356. The summed E-state index contributed by atoms with van der Waals surface area (Å²) in [5.41, 5.74) is 2.19. The molecular weight excluding hydrogens is 551 g/mol. The molecule has 13 heteroatoms. The van der Waals surface area contributed by atoms with Gasteiger partial charge in [0.05, 0.1) is 36.2 Å². The normalized spacial score (nSPS) is 21.4. The molecule has 0 amide bonds. The fourth-order valence-corrected chi connectivity index (χ4v) is 5.90. The molecule has 3 N–H and O–H groups in total. The van der Waals surface area contributed by atoms with E-state index in [4.69, 9.17) is 4.98 Å². The summed E-state index contributed by atoms with van der Waals surface area (Å²) in [6.07, 6.45) is -3.58. The van der Waals surface area contributed by atoms with Gasteiger partial charge in [-0.25, -0.2) is 23.6 Å². The van der Waals surface area contributed by atoms with Crippen LogP contribution in [0.2, 0.25) is 0 Å². The number of nitrogens with one attached hydrogen (secondary N) is 3. The van der Waals surface area contributed by atoms with Gasteiger partial charge in [0, 0.05) is 45.6 Å². The Morgan fingerprint density at radius 1 is 1.25 bits per heavy atom. The second-order valence-electron chi connectivity index (χ2n) is 11.0. The van der Waals surface area contributed by atoms with Crippen LogP contribution in [0.3, 0.4) is 0 Å². The molecule has 4 rings (SSSR count). The fourth-order valence-electron chi connectivity index (χ4n) is 4.67. The predicted molar refractivity (Wildman–Crippen MR) is 150 cm³/mol. The van der Waals surface area contributed by atoms with Crippen LogP contribution < -0.4 is 15.4 Å². The molecule has 7 nitrogen and oxygen atoms in total. The standard InChI is InChI=1S/C27H33F5N6OS/c1-16(2)19-10-22(17-5-6-21(20(29)9-17)38-40(4,39)8-7-27(30,31)32)36-23-13-34-25(37-24(19)23)35-18-11-26(3,14-28)15-33-12-18/h5-6,9-10,13,16,18,33H,4,7-8,11-12,14-15H2,1-3H3,(H,38,39)(H,34,35,37)/t18-,26+,40?/m0/s1. The van der Waals surface area contributed by atoms with Gasteiger partial charge in [0.25, 0.3) is 0 Å². The van der Waals surface area contributed by atoms with Crippen LogP contribution >= 0.6 is 0 Å². The van der Waals surface area contributed by atoms with Crippen LogP contribution in [0, 0.1) is 11.2 Å². The third kappa shape index (κ3) is 7.36. The summed E-state index contributed by atoms with van der Waals surface area (Å²) < 4.78 is 80.8. The van der Waals surface area contributed by atoms with Gasteiger partial charge in [0.2, 0.25) is 5.95 Å². The number of anilines is 2. The van der Waals surface area contributed by atoms with Crippen molar-refractivity contribution < 1.29 is 26.2 Å². The Bertz CT molecular complexity index is 1480. The van der Waals surface area contributed by atoms with Crippen LogP contribution in [-0.2, 0) is 9.71 Å². The van der Waals surface area contributed by atoms with Crippen molar-refractivity contribution in [2.24, 2.45) is 5.41 Å². The van der Waals surface area contributed by atoms with E-state index in [0.717, 1.165) is 5.56 Å². The van der Waals surface area contributed by atoms with Gasteiger partial charge in [-0.15, -0.1) is 0 Å². The van der Waals surface area contributed by atoms with E-state index in [0.29, 0.717) is 47.7 Å². The first-order valence-corrected chi connectivity index (χ1v) is 14.8. The maximum absolute atomic E-state index is 14.9. The molecule has 0 bridgehead atoms. The lowest BCUT2D eigenvalue weighted by atomic mass is 9.82. The average Bonchev–Trinajstić information content (AvgIpc) is 2.87. The topological polar surface area (TPSA) is 91.8 Å². The molecule has 3 heterocycles. The number of rotatable bonds is 9. The Balaban J connectivity index is 1.59. The van der Waals surface area contributed by atoms with Crippen molar-refractivity contribution in [2.45, 2.75) is 51.7 Å². The molecule has 0 aliphatic carbocycles. The number of piperidine rings is 1. The zero-order valence-electron chi connectivity index (χ0n) is 22.5. The smallest absolute Gasteiger partial charge is 0.350 e. The molecule has 1 unspecified atom stereocenters. The number of fused-ring (bicyclic) bond motifs is 1. The SMILES string of the molecule is C=S(=O)(CCC(F)(F)F)Nc1ccc(-c2cc(C(C)C)c3nc(N[C@@H]4CNC[C@@](C)(CF)C4)ncc3n2)cc1F. The number of aromatic nitrogens is 3. The van der Waals surface area contributed by atoms with Crippen molar-refractivity contribution in [1.82, 2.24) is 20.3 Å². The van der Waals surface area contributed by atoms with Gasteiger partial charge in [0.1, 0.15) is 11.3 Å². The second kappa shape index (κ2) is 11.4. The molecule has 1 aliphatic heterocycles. The molecular formula is C27H33F5N6OS. The molecule has 0 spiro atoms. The lowest BCUT2D eigenvalue weighted by Crippen LogP contribution is -2.49. The van der Waals surface area contributed by atoms with Crippen LogP contribution in [0.15, 0.2) is 30.5 Å². The summed E-state index contributed by atoms with van der Waals surface area (Å²) >= 11 is 0. The molecule has 3 atom stereocenters. The Hall–Kier alpha value is -3.06. The highest BCUT2D eigenvalue weighted by molar-refractivity contribution is 8.01. The van der Waals surface area contributed by atoms with E-state index in [9.17, 15) is 26.2 Å². The van der Waals surface area contributed by atoms with Crippen molar-refractivity contribution in [1.29, 1.82) is 0 Å². The van der Waals surface area contributed by atoms with Gasteiger partial charge < -0.3 is 15.4 Å². The highest BCUT2D eigenvalue weighted by Crippen LogP contribution is 2.32. The van der Waals surface area contributed by atoms with Crippen LogP contribution in [0.1, 0.15) is 45.1 Å². The van der Waals surface area contributed by atoms with Crippen LogP contribution in [0.5, 0.6) is 0 Å². The minimum atomic E-state index is -4.50. The van der Waals surface area contributed by atoms with Gasteiger partial charge in [-0.1, -0.05) is 26.8 Å². The molecule has 2 aromatic heterocycles. The highest BCUT2D eigenvalue weighted by Gasteiger charge is 2.32. The lowest BCUT2D eigenvalue weighted by Gasteiger charge is -2.37. The first-order chi connectivity index (χ1) is 18.7. The minimum Gasteiger partial charge on any atom is -0.350 e. The first-order valence-electron chi connectivity index (χ1n) is 12.9. The summed E-state index contributed by atoms with van der Waals surface area (Å²) in [5, 5.41) is 6.55. The third-order valence-corrected chi connectivity index (χ3v) is 8.27. The van der Waals surface area contributed by atoms with E-state index < -0.39 is 46.0 Å². The molecule has 1 fully saturated rings. The Kier molecular flexibility index (Phi) is 8.55. The van der Waals surface area contributed by atoms with Crippen LogP contribution in [0.25, 0.3) is 22.3 Å². The number of alkyl halides is 4. The maximum Gasteiger partial charge on any atom is 0.390 e. The van der Waals surface area contributed by atoms with Crippen LogP contribution in [0.4, 0.5) is 33.6 Å². The lowest BCUT2D eigenvalue weighted by molar-refractivity contribution is -0.129.